The van der Waals surface area contributed by atoms with Gasteiger partial charge in [-0.3, -0.25) is 0 Å². The molecule has 6 nitrogen and oxygen atoms in total. The summed E-state index contributed by atoms with van der Waals surface area (Å²) in [4.78, 5) is 22.1. The van der Waals surface area contributed by atoms with Gasteiger partial charge in [0.05, 0.1) is 13.2 Å². The topological polar surface area (TPSA) is 98.7 Å². The van der Waals surface area contributed by atoms with Gasteiger partial charge in [-0.25, -0.2) is 0 Å². The Bertz CT molecular complexity index is 547. The van der Waals surface area contributed by atoms with Gasteiger partial charge in [0.25, 0.3) is 0 Å². The quantitative estimate of drug-likeness (QED) is 0.697. The molecule has 1 saturated carbocycles. The highest BCUT2D eigenvalue weighted by molar-refractivity contribution is 5.81. The number of carboxylic acid groups (broad SMARTS) is 2. The van der Waals surface area contributed by atoms with Gasteiger partial charge in [-0.1, -0.05) is 30.3 Å². The maximum atomic E-state index is 11.2. The van der Waals surface area contributed by atoms with E-state index in [2.05, 4.69) is 0 Å². The van der Waals surface area contributed by atoms with Crippen molar-refractivity contribution in [2.24, 2.45) is 17.3 Å². The van der Waals surface area contributed by atoms with Gasteiger partial charge in [-0.05, 0) is 6.42 Å². The highest BCUT2D eigenvalue weighted by Crippen LogP contribution is 2.54. The van der Waals surface area contributed by atoms with Crippen LogP contribution in [-0.2, 0) is 19.1 Å². The molecule has 0 aromatic heterocycles. The summed E-state index contributed by atoms with van der Waals surface area (Å²) in [6.45, 7) is 0.268. The van der Waals surface area contributed by atoms with Crippen molar-refractivity contribution in [3.63, 3.8) is 0 Å². The van der Waals surface area contributed by atoms with Crippen molar-refractivity contribution >= 4 is 11.9 Å². The monoisotopic (exact) mass is 290 g/mol. The molecule has 0 unspecified atom stereocenters. The van der Waals surface area contributed by atoms with E-state index in [1.807, 2.05) is 30.3 Å². The molecule has 3 rings (SSSR count). The van der Waals surface area contributed by atoms with Crippen LogP contribution in [0.1, 0.15) is 18.3 Å². The molecule has 1 saturated heterocycles. The number of benzene rings is 1. The van der Waals surface area contributed by atoms with Crippen molar-refractivity contribution in [2.75, 3.05) is 13.2 Å². The van der Waals surface area contributed by atoms with Gasteiger partial charge in [0.1, 0.15) is 0 Å². The summed E-state index contributed by atoms with van der Waals surface area (Å²) >= 11 is 0. The number of hydrogen-bond donors (Lipinski definition) is 0. The number of aliphatic carboxylic acids is 2. The molecule has 6 heteroatoms. The van der Waals surface area contributed by atoms with Gasteiger partial charge in [0.2, 0.25) is 0 Å². The van der Waals surface area contributed by atoms with E-state index in [-0.39, 0.29) is 19.6 Å². The minimum absolute atomic E-state index is 0.134. The van der Waals surface area contributed by atoms with Gasteiger partial charge >= 0.3 is 0 Å². The van der Waals surface area contributed by atoms with Gasteiger partial charge < -0.3 is 29.3 Å². The largest absolute Gasteiger partial charge is 0.550 e. The predicted octanol–water partition coefficient (Wildman–Crippen LogP) is -1.15. The zero-order valence-electron chi connectivity index (χ0n) is 11.2. The van der Waals surface area contributed by atoms with Crippen LogP contribution in [0.3, 0.4) is 0 Å². The third-order valence-electron chi connectivity index (χ3n) is 4.36. The molecule has 0 N–H and O–H groups in total. The molecule has 0 bridgehead atoms. The van der Waals surface area contributed by atoms with Crippen molar-refractivity contribution in [3.8, 4) is 0 Å². The third-order valence-corrected chi connectivity index (χ3v) is 4.36. The molecular weight excluding hydrogens is 276 g/mol. The minimum atomic E-state index is -1.39. The number of carbonyl (C=O) groups is 2. The average Bonchev–Trinajstić information content (AvgIpc) is 2.45. The van der Waals surface area contributed by atoms with Crippen LogP contribution in [0.15, 0.2) is 30.3 Å². The highest BCUT2D eigenvalue weighted by atomic mass is 16.7. The van der Waals surface area contributed by atoms with E-state index < -0.39 is 35.5 Å². The van der Waals surface area contributed by atoms with Crippen LogP contribution in [0.25, 0.3) is 0 Å². The summed E-state index contributed by atoms with van der Waals surface area (Å²) in [7, 11) is 0. The van der Waals surface area contributed by atoms with Crippen molar-refractivity contribution in [2.45, 2.75) is 12.7 Å². The molecule has 2 aliphatic rings. The number of carboxylic acids is 2. The summed E-state index contributed by atoms with van der Waals surface area (Å²) in [5, 5.41) is 22.1. The SMILES string of the molecule is O=C([O-])[C@H]1CC2(COC(c3ccccc3)OC2)[C@H]1C(=O)[O-]. The first kappa shape index (κ1) is 14.0. The Morgan fingerprint density at radius 3 is 2.19 bits per heavy atom. The first-order valence-electron chi connectivity index (χ1n) is 6.73. The summed E-state index contributed by atoms with van der Waals surface area (Å²) in [5.74, 6) is -4.91. The van der Waals surface area contributed by atoms with E-state index in [0.29, 0.717) is 0 Å². The third kappa shape index (κ3) is 2.30. The van der Waals surface area contributed by atoms with Gasteiger partial charge in [0.15, 0.2) is 6.29 Å². The fourth-order valence-electron chi connectivity index (χ4n) is 3.26. The van der Waals surface area contributed by atoms with E-state index in [4.69, 9.17) is 9.47 Å². The van der Waals surface area contributed by atoms with E-state index in [0.717, 1.165) is 5.56 Å². The fourth-order valence-corrected chi connectivity index (χ4v) is 3.26. The molecule has 112 valence electrons. The lowest BCUT2D eigenvalue weighted by molar-refractivity contribution is -0.356. The lowest BCUT2D eigenvalue weighted by atomic mass is 9.54. The maximum Gasteiger partial charge on any atom is 0.183 e. The molecule has 0 amide bonds. The summed E-state index contributed by atoms with van der Waals surface area (Å²) in [6.07, 6.45) is -0.378. The lowest BCUT2D eigenvalue weighted by Gasteiger charge is -2.57. The van der Waals surface area contributed by atoms with Crippen molar-refractivity contribution in [1.82, 2.24) is 0 Å². The Kier molecular flexibility index (Phi) is 3.43. The van der Waals surface area contributed by atoms with Crippen LogP contribution in [0.5, 0.6) is 0 Å². The molecule has 2 fully saturated rings. The molecule has 2 atom stereocenters. The van der Waals surface area contributed by atoms with Gasteiger partial charge in [-0.2, -0.15) is 0 Å². The summed E-state index contributed by atoms with van der Waals surface area (Å²) in [5.41, 5.74) is 0.0163. The maximum absolute atomic E-state index is 11.2. The van der Waals surface area contributed by atoms with Crippen LogP contribution >= 0.6 is 0 Å². The Balaban J connectivity index is 1.70. The minimum Gasteiger partial charge on any atom is -0.550 e. The molecule has 1 heterocycles. The van der Waals surface area contributed by atoms with E-state index in [9.17, 15) is 19.8 Å². The molecule has 1 aromatic rings. The van der Waals surface area contributed by atoms with Crippen LogP contribution in [-0.4, -0.2) is 25.2 Å². The number of hydrogen-bond acceptors (Lipinski definition) is 6. The summed E-state index contributed by atoms with van der Waals surface area (Å²) < 4.78 is 11.2. The molecule has 1 spiro atoms. The van der Waals surface area contributed by atoms with Crippen LogP contribution in [0.4, 0.5) is 0 Å². The Hall–Kier alpha value is -1.92. The van der Waals surface area contributed by atoms with Gasteiger partial charge in [-0.15, -0.1) is 0 Å². The van der Waals surface area contributed by atoms with E-state index in [1.54, 1.807) is 0 Å². The zero-order valence-corrected chi connectivity index (χ0v) is 11.2. The van der Waals surface area contributed by atoms with Crippen LogP contribution < -0.4 is 10.2 Å². The van der Waals surface area contributed by atoms with Crippen LogP contribution in [0.2, 0.25) is 0 Å². The second-order valence-electron chi connectivity index (χ2n) is 5.65. The lowest BCUT2D eigenvalue weighted by Crippen LogP contribution is -2.65. The van der Waals surface area contributed by atoms with Crippen molar-refractivity contribution in [3.05, 3.63) is 35.9 Å². The number of carbonyl (C=O) groups excluding carboxylic acids is 2. The fraction of sp³-hybridized carbons (Fsp3) is 0.467. The molecule has 1 aliphatic carbocycles. The van der Waals surface area contributed by atoms with Crippen LogP contribution in [0, 0.1) is 17.3 Å². The summed E-state index contributed by atoms with van der Waals surface area (Å²) in [6, 6.07) is 9.28. The number of ether oxygens (including phenoxy) is 2. The van der Waals surface area contributed by atoms with E-state index in [1.165, 1.54) is 0 Å². The smallest absolute Gasteiger partial charge is 0.183 e. The van der Waals surface area contributed by atoms with Crippen molar-refractivity contribution in [1.29, 1.82) is 0 Å². The molecule has 1 aromatic carbocycles. The highest BCUT2D eigenvalue weighted by Gasteiger charge is 2.57. The standard InChI is InChI=1S/C15H16O6/c16-12(17)10-6-15(11(10)13(18)19)7-20-14(21-8-15)9-4-2-1-3-5-9/h1-5,10-11,14H,6-8H2,(H,16,17)(H,18,19)/p-2/t10-,11+,14?,15?/m0/s1. The molecule has 1 aliphatic heterocycles. The first-order chi connectivity index (χ1) is 10.0. The molecule has 21 heavy (non-hydrogen) atoms. The van der Waals surface area contributed by atoms with E-state index >= 15 is 0 Å². The average molecular weight is 290 g/mol. The predicted molar refractivity (Wildman–Crippen MR) is 65.1 cm³/mol. The zero-order chi connectivity index (χ0) is 15.0. The first-order valence-corrected chi connectivity index (χ1v) is 6.73. The Morgan fingerprint density at radius 1 is 1.05 bits per heavy atom. The van der Waals surface area contributed by atoms with Gasteiger partial charge in [0, 0.05) is 34.8 Å². The second kappa shape index (κ2) is 5.13. The Labute approximate surface area is 121 Å². The molecule has 0 radical (unpaired) electrons. The normalized spacial score (nSPS) is 35.1. The Morgan fingerprint density at radius 2 is 1.67 bits per heavy atom. The molecular formula is C15H14O6-2. The number of rotatable bonds is 3. The second-order valence-corrected chi connectivity index (χ2v) is 5.65. The van der Waals surface area contributed by atoms with Crippen molar-refractivity contribution < 1.29 is 29.3 Å².